The number of unbranched alkanes of at least 4 members (excludes halogenated alkanes) is 2. The number of benzene rings is 1. The summed E-state index contributed by atoms with van der Waals surface area (Å²) in [5.41, 5.74) is 3.13. The van der Waals surface area contributed by atoms with E-state index in [0.717, 1.165) is 30.1 Å². The lowest BCUT2D eigenvalue weighted by molar-refractivity contribution is 0.225. The summed E-state index contributed by atoms with van der Waals surface area (Å²) in [6.45, 7) is 2.28. The number of rotatable bonds is 12. The number of nitrogens with zero attached hydrogens (tertiary/aromatic N) is 1. The first-order valence-electron chi connectivity index (χ1n) is 14.1. The van der Waals surface area contributed by atoms with Gasteiger partial charge in [-0.25, -0.2) is 0 Å². The zero-order chi connectivity index (χ0) is 23.1. The Hall–Kier alpha value is -1.81. The number of nitriles is 1. The van der Waals surface area contributed by atoms with Crippen molar-refractivity contribution in [3.05, 3.63) is 59.7 Å². The van der Waals surface area contributed by atoms with Gasteiger partial charge in [0.25, 0.3) is 0 Å². The highest BCUT2D eigenvalue weighted by Crippen LogP contribution is 2.40. The molecule has 0 heterocycles. The maximum absolute atomic E-state index is 8.50. The summed E-state index contributed by atoms with van der Waals surface area (Å²) in [5.74, 6) is 3.72. The Balaban J connectivity index is 1.27. The van der Waals surface area contributed by atoms with Crippen LogP contribution in [0.4, 0.5) is 0 Å². The van der Waals surface area contributed by atoms with Gasteiger partial charge in [0.05, 0.1) is 6.07 Å². The van der Waals surface area contributed by atoms with Gasteiger partial charge < -0.3 is 0 Å². The minimum Gasteiger partial charge on any atom is -0.193 e. The molecular weight excluding hydrogens is 398 g/mol. The van der Waals surface area contributed by atoms with E-state index in [1.807, 2.05) is 18.2 Å². The molecule has 0 aliphatic heterocycles. The fourth-order valence-electron chi connectivity index (χ4n) is 6.21. The third-order valence-corrected chi connectivity index (χ3v) is 8.48. The van der Waals surface area contributed by atoms with E-state index >= 15 is 0 Å². The van der Waals surface area contributed by atoms with Crippen molar-refractivity contribution in [2.45, 2.75) is 116 Å². The summed E-state index contributed by atoms with van der Waals surface area (Å²) in [5, 5.41) is 8.50. The van der Waals surface area contributed by atoms with Gasteiger partial charge in [0.2, 0.25) is 0 Å². The van der Waals surface area contributed by atoms with Crippen molar-refractivity contribution in [3.63, 3.8) is 0 Å². The molecule has 0 saturated heterocycles. The molecule has 1 aromatic carbocycles. The molecule has 0 amide bonds. The highest BCUT2D eigenvalue weighted by molar-refractivity contribution is 5.26. The van der Waals surface area contributed by atoms with Crippen LogP contribution in [0.15, 0.2) is 48.6 Å². The van der Waals surface area contributed by atoms with Crippen LogP contribution in [0.5, 0.6) is 0 Å². The summed E-state index contributed by atoms with van der Waals surface area (Å²) in [6.07, 6.45) is 29.8. The molecule has 0 radical (unpaired) electrons. The SMILES string of the molecule is CCCCCc1ccc([C@H]2CC[C@H](CC[C@H]3CC[C@H](CCC=CC=CC#N)CC3)CC2)cc1. The van der Waals surface area contributed by atoms with Crippen LogP contribution in [-0.2, 0) is 6.42 Å². The average molecular weight is 446 g/mol. The minimum absolute atomic E-state index is 0.811. The van der Waals surface area contributed by atoms with E-state index in [2.05, 4.69) is 37.3 Å². The molecule has 0 N–H and O–H groups in total. The van der Waals surface area contributed by atoms with Crippen molar-refractivity contribution in [1.82, 2.24) is 0 Å². The Morgan fingerprint density at radius 1 is 0.788 bits per heavy atom. The van der Waals surface area contributed by atoms with E-state index in [1.54, 1.807) is 11.6 Å². The second-order valence-electron chi connectivity index (χ2n) is 10.9. The van der Waals surface area contributed by atoms with Crippen molar-refractivity contribution in [2.24, 2.45) is 17.8 Å². The average Bonchev–Trinajstić information content (AvgIpc) is 2.86. The van der Waals surface area contributed by atoms with Gasteiger partial charge in [0.1, 0.15) is 0 Å². The van der Waals surface area contributed by atoms with Crippen LogP contribution in [0.3, 0.4) is 0 Å². The Kier molecular flexibility index (Phi) is 11.9. The molecule has 2 fully saturated rings. The van der Waals surface area contributed by atoms with Gasteiger partial charge in [-0.15, -0.1) is 0 Å². The minimum atomic E-state index is 0.811. The summed E-state index contributed by atoms with van der Waals surface area (Å²) < 4.78 is 0. The lowest BCUT2D eigenvalue weighted by Crippen LogP contribution is -2.17. The molecule has 1 nitrogen and oxygen atoms in total. The highest BCUT2D eigenvalue weighted by Gasteiger charge is 2.25. The first kappa shape index (κ1) is 25.8. The lowest BCUT2D eigenvalue weighted by atomic mass is 9.74. The van der Waals surface area contributed by atoms with Crippen LogP contribution < -0.4 is 0 Å². The van der Waals surface area contributed by atoms with Crippen molar-refractivity contribution in [2.75, 3.05) is 0 Å². The smallest absolute Gasteiger partial charge is 0.0912 e. The molecule has 2 aliphatic carbocycles. The monoisotopic (exact) mass is 445 g/mol. The molecule has 1 aromatic rings. The summed E-state index contributed by atoms with van der Waals surface area (Å²) in [6, 6.07) is 11.7. The van der Waals surface area contributed by atoms with E-state index < -0.39 is 0 Å². The Morgan fingerprint density at radius 3 is 2.00 bits per heavy atom. The van der Waals surface area contributed by atoms with Gasteiger partial charge in [-0.2, -0.15) is 5.26 Å². The molecule has 0 aromatic heterocycles. The number of allylic oxidation sites excluding steroid dienone is 4. The Morgan fingerprint density at radius 2 is 1.39 bits per heavy atom. The standard InChI is InChI=1S/C32H47N/c1-2-3-7-10-28-18-22-31(23-19-28)32-24-20-30(21-25-32)17-16-29-14-12-27(13-15-29)11-8-5-4-6-9-26-33/h4-6,9,18-19,22-23,27,29-30,32H,2-3,7-8,10-17,20-21,24-25H2,1H3/t27-,29-,30-,32-. The molecule has 0 atom stereocenters. The summed E-state index contributed by atoms with van der Waals surface area (Å²) >= 11 is 0. The molecule has 3 rings (SSSR count). The largest absolute Gasteiger partial charge is 0.193 e. The van der Waals surface area contributed by atoms with E-state index in [-0.39, 0.29) is 0 Å². The van der Waals surface area contributed by atoms with Crippen molar-refractivity contribution in [3.8, 4) is 6.07 Å². The van der Waals surface area contributed by atoms with Crippen LogP contribution in [0.2, 0.25) is 0 Å². The van der Waals surface area contributed by atoms with Crippen molar-refractivity contribution in [1.29, 1.82) is 5.26 Å². The van der Waals surface area contributed by atoms with Gasteiger partial charge in [-0.3, -0.25) is 0 Å². The van der Waals surface area contributed by atoms with Crippen molar-refractivity contribution >= 4 is 0 Å². The second kappa shape index (κ2) is 15.2. The van der Waals surface area contributed by atoms with Crippen molar-refractivity contribution < 1.29 is 0 Å². The first-order valence-corrected chi connectivity index (χ1v) is 14.1. The summed E-state index contributed by atoms with van der Waals surface area (Å²) in [7, 11) is 0. The quantitative estimate of drug-likeness (QED) is 0.178. The molecule has 0 spiro atoms. The molecule has 0 unspecified atom stereocenters. The third-order valence-electron chi connectivity index (χ3n) is 8.48. The number of hydrogen-bond donors (Lipinski definition) is 0. The van der Waals surface area contributed by atoms with Crippen LogP contribution in [0, 0.1) is 29.1 Å². The van der Waals surface area contributed by atoms with E-state index in [9.17, 15) is 0 Å². The molecule has 180 valence electrons. The third kappa shape index (κ3) is 9.52. The zero-order valence-corrected chi connectivity index (χ0v) is 21.2. The molecule has 2 aliphatic rings. The van der Waals surface area contributed by atoms with E-state index in [1.165, 1.54) is 102 Å². The maximum atomic E-state index is 8.50. The zero-order valence-electron chi connectivity index (χ0n) is 21.2. The lowest BCUT2D eigenvalue weighted by Gasteiger charge is -2.32. The number of aryl methyl sites for hydroxylation is 1. The van der Waals surface area contributed by atoms with Gasteiger partial charge in [0.15, 0.2) is 0 Å². The molecule has 2 saturated carbocycles. The first-order chi connectivity index (χ1) is 16.3. The van der Waals surface area contributed by atoms with E-state index in [0.29, 0.717) is 0 Å². The molecular formula is C32H47N. The second-order valence-corrected chi connectivity index (χ2v) is 10.9. The maximum Gasteiger partial charge on any atom is 0.0912 e. The Bertz CT molecular complexity index is 734. The van der Waals surface area contributed by atoms with E-state index in [4.69, 9.17) is 5.26 Å². The normalized spacial score (nSPS) is 26.1. The highest BCUT2D eigenvalue weighted by atomic mass is 14.3. The van der Waals surface area contributed by atoms with Crippen LogP contribution in [-0.4, -0.2) is 0 Å². The van der Waals surface area contributed by atoms with Crippen LogP contribution >= 0.6 is 0 Å². The van der Waals surface area contributed by atoms with Gasteiger partial charge in [0, 0.05) is 6.08 Å². The molecule has 1 heteroatoms. The van der Waals surface area contributed by atoms with Gasteiger partial charge in [-0.1, -0.05) is 101 Å². The van der Waals surface area contributed by atoms with Gasteiger partial charge in [-0.05, 0) is 86.2 Å². The van der Waals surface area contributed by atoms with Gasteiger partial charge >= 0.3 is 0 Å². The van der Waals surface area contributed by atoms with Crippen LogP contribution in [0.1, 0.15) is 120 Å². The Labute approximate surface area is 204 Å². The molecule has 33 heavy (non-hydrogen) atoms. The fourth-order valence-corrected chi connectivity index (χ4v) is 6.21. The predicted octanol–water partition coefficient (Wildman–Crippen LogP) is 9.70. The molecule has 0 bridgehead atoms. The predicted molar refractivity (Wildman–Crippen MR) is 142 cm³/mol. The summed E-state index contributed by atoms with van der Waals surface area (Å²) in [4.78, 5) is 0. The fraction of sp³-hybridized carbons (Fsp3) is 0.656. The number of hydrogen-bond acceptors (Lipinski definition) is 1. The topological polar surface area (TPSA) is 23.8 Å². The van der Waals surface area contributed by atoms with Crippen LogP contribution in [0.25, 0.3) is 0 Å².